The third kappa shape index (κ3) is 5.12. The van der Waals surface area contributed by atoms with Gasteiger partial charge in [-0.2, -0.15) is 0 Å². The SMILES string of the molecule is CCCC[N+]1(C)CCCC1.[N-]=C=C1C=CC=N1. The van der Waals surface area contributed by atoms with Gasteiger partial charge in [0, 0.05) is 19.1 Å². The molecule has 0 aromatic carbocycles. The molecule has 0 saturated carbocycles. The number of likely N-dealkylation sites (tertiary alicyclic amines) is 1. The summed E-state index contributed by atoms with van der Waals surface area (Å²) >= 11 is 0. The highest BCUT2D eigenvalue weighted by Gasteiger charge is 2.25. The minimum absolute atomic E-state index is 0.486. The Balaban J connectivity index is 0.000000181. The summed E-state index contributed by atoms with van der Waals surface area (Å²) in [5.41, 5.74) is 0.486. The van der Waals surface area contributed by atoms with Gasteiger partial charge in [0.05, 0.1) is 32.4 Å². The lowest BCUT2D eigenvalue weighted by molar-refractivity contribution is -0.897. The highest BCUT2D eigenvalue weighted by atomic mass is 15.3. The van der Waals surface area contributed by atoms with E-state index in [1.54, 1.807) is 18.4 Å². The van der Waals surface area contributed by atoms with Crippen molar-refractivity contribution in [3.63, 3.8) is 0 Å². The van der Waals surface area contributed by atoms with Crippen LogP contribution in [0.25, 0.3) is 5.41 Å². The van der Waals surface area contributed by atoms with Crippen molar-refractivity contribution in [1.29, 1.82) is 0 Å². The Bertz CT molecular complexity index is 315. The van der Waals surface area contributed by atoms with E-state index < -0.39 is 0 Å². The van der Waals surface area contributed by atoms with Gasteiger partial charge in [0.1, 0.15) is 0 Å². The molecule has 3 heteroatoms. The van der Waals surface area contributed by atoms with Gasteiger partial charge in [0.15, 0.2) is 0 Å². The van der Waals surface area contributed by atoms with Gasteiger partial charge in [-0.3, -0.25) is 4.99 Å². The van der Waals surface area contributed by atoms with E-state index in [0.717, 1.165) is 0 Å². The summed E-state index contributed by atoms with van der Waals surface area (Å²) in [6.45, 7) is 6.55. The first-order valence-electron chi connectivity index (χ1n) is 6.51. The lowest BCUT2D eigenvalue weighted by atomic mass is 10.3. The van der Waals surface area contributed by atoms with E-state index in [-0.39, 0.29) is 0 Å². The number of nitrogens with zero attached hydrogens (tertiary/aromatic N) is 3. The highest BCUT2D eigenvalue weighted by molar-refractivity contribution is 5.82. The predicted molar refractivity (Wildman–Crippen MR) is 74.4 cm³/mol. The van der Waals surface area contributed by atoms with Crippen LogP contribution in [-0.2, 0) is 0 Å². The molecule has 0 N–H and O–H groups in total. The summed E-state index contributed by atoms with van der Waals surface area (Å²) in [4.78, 5) is 3.67. The fraction of sp³-hybridized carbons (Fsp3) is 0.643. The van der Waals surface area contributed by atoms with Crippen molar-refractivity contribution in [2.75, 3.05) is 26.7 Å². The predicted octanol–water partition coefficient (Wildman–Crippen LogP) is 2.78. The number of rotatable bonds is 3. The number of hydrogen-bond acceptors (Lipinski definition) is 1. The number of hydrogen-bond donors (Lipinski definition) is 0. The molecule has 0 atom stereocenters. The van der Waals surface area contributed by atoms with Crippen molar-refractivity contribution in [3.05, 3.63) is 23.3 Å². The highest BCUT2D eigenvalue weighted by Crippen LogP contribution is 2.16. The van der Waals surface area contributed by atoms with Crippen molar-refractivity contribution < 1.29 is 4.48 Å². The fourth-order valence-electron chi connectivity index (χ4n) is 2.23. The Kier molecular flexibility index (Phi) is 5.88. The topological polar surface area (TPSA) is 34.7 Å². The van der Waals surface area contributed by atoms with Crippen LogP contribution in [0.5, 0.6) is 0 Å². The van der Waals surface area contributed by atoms with E-state index in [2.05, 4.69) is 19.0 Å². The van der Waals surface area contributed by atoms with Gasteiger partial charge in [-0.1, -0.05) is 13.3 Å². The number of allylic oxidation sites excluding steroid dienone is 2. The maximum absolute atomic E-state index is 8.11. The van der Waals surface area contributed by atoms with Gasteiger partial charge in [-0.25, -0.2) is 5.87 Å². The van der Waals surface area contributed by atoms with E-state index in [9.17, 15) is 0 Å². The van der Waals surface area contributed by atoms with Crippen LogP contribution in [0.4, 0.5) is 0 Å². The molecule has 0 aliphatic carbocycles. The molecule has 0 bridgehead atoms. The van der Waals surface area contributed by atoms with Crippen LogP contribution in [0.1, 0.15) is 32.6 Å². The minimum atomic E-state index is 0.486. The van der Waals surface area contributed by atoms with Gasteiger partial charge >= 0.3 is 0 Å². The first-order valence-corrected chi connectivity index (χ1v) is 6.51. The fourth-order valence-corrected chi connectivity index (χ4v) is 2.23. The van der Waals surface area contributed by atoms with Crippen molar-refractivity contribution in [2.24, 2.45) is 4.99 Å². The van der Waals surface area contributed by atoms with Crippen molar-refractivity contribution >= 4 is 12.1 Å². The molecule has 1 saturated heterocycles. The Labute approximate surface area is 105 Å². The lowest BCUT2D eigenvalue weighted by Gasteiger charge is -2.28. The van der Waals surface area contributed by atoms with Crippen molar-refractivity contribution in [1.82, 2.24) is 0 Å². The third-order valence-electron chi connectivity index (χ3n) is 3.37. The van der Waals surface area contributed by atoms with Gasteiger partial charge in [-0.15, -0.1) is 0 Å². The molecular weight excluding hydrogens is 210 g/mol. The normalized spacial score (nSPS) is 20.0. The standard InChI is InChI=1S/C9H20N.C5H3N2/c1-3-4-7-10(2)8-5-6-9-10;6-4-5-2-1-3-7-5/h3-9H2,1-2H3;1-3H/q+1;-1. The summed E-state index contributed by atoms with van der Waals surface area (Å²) in [5.74, 6) is 1.90. The van der Waals surface area contributed by atoms with Crippen LogP contribution in [-0.4, -0.2) is 43.2 Å². The smallest absolute Gasteiger partial charge is 0.0818 e. The van der Waals surface area contributed by atoms with Crippen LogP contribution in [0.2, 0.25) is 0 Å². The summed E-state index contributed by atoms with van der Waals surface area (Å²) in [6.07, 6.45) is 10.7. The molecule has 17 heavy (non-hydrogen) atoms. The quantitative estimate of drug-likeness (QED) is 0.531. The minimum Gasteiger partial charge on any atom is -0.761 e. The average Bonchev–Trinajstić information content (AvgIpc) is 2.99. The Hall–Kier alpha value is -1.18. The van der Waals surface area contributed by atoms with E-state index in [0.29, 0.717) is 5.70 Å². The maximum Gasteiger partial charge on any atom is 0.0818 e. The molecule has 2 heterocycles. The molecule has 2 rings (SSSR count). The molecule has 0 spiro atoms. The molecule has 1 fully saturated rings. The molecule has 3 nitrogen and oxygen atoms in total. The molecule has 0 aromatic rings. The zero-order valence-corrected chi connectivity index (χ0v) is 11.0. The molecule has 2 aliphatic rings. The van der Waals surface area contributed by atoms with Gasteiger partial charge < -0.3 is 9.89 Å². The number of quaternary nitrogens is 1. The second kappa shape index (κ2) is 7.21. The van der Waals surface area contributed by atoms with Gasteiger partial charge in [0.2, 0.25) is 0 Å². The van der Waals surface area contributed by atoms with E-state index in [4.69, 9.17) is 5.41 Å². The molecular formula is C14H23N3. The first-order chi connectivity index (χ1) is 8.20. The summed E-state index contributed by atoms with van der Waals surface area (Å²) in [5, 5.41) is 8.11. The van der Waals surface area contributed by atoms with Crippen LogP contribution in [0.3, 0.4) is 0 Å². The summed E-state index contributed by atoms with van der Waals surface area (Å²) < 4.78 is 1.36. The average molecular weight is 233 g/mol. The monoisotopic (exact) mass is 233 g/mol. The zero-order chi connectivity index (χ0) is 12.6. The summed E-state index contributed by atoms with van der Waals surface area (Å²) in [7, 11) is 2.41. The van der Waals surface area contributed by atoms with Gasteiger partial charge in [0.25, 0.3) is 0 Å². The number of aliphatic imine (C=N–C) groups is 1. The molecule has 0 unspecified atom stereocenters. The molecule has 0 radical (unpaired) electrons. The Morgan fingerprint density at radius 2 is 2.12 bits per heavy atom. The summed E-state index contributed by atoms with van der Waals surface area (Å²) in [6, 6.07) is 0. The van der Waals surface area contributed by atoms with Crippen LogP contribution in [0.15, 0.2) is 22.8 Å². The largest absolute Gasteiger partial charge is 0.761 e. The molecule has 0 aromatic heterocycles. The van der Waals surface area contributed by atoms with Gasteiger partial charge in [-0.05, 0) is 18.6 Å². The molecule has 94 valence electrons. The second-order valence-corrected chi connectivity index (χ2v) is 4.99. The zero-order valence-electron chi connectivity index (χ0n) is 11.0. The molecule has 0 amide bonds. The lowest BCUT2D eigenvalue weighted by Crippen LogP contribution is -2.41. The van der Waals surface area contributed by atoms with E-state index in [1.165, 1.54) is 49.8 Å². The maximum atomic E-state index is 8.11. The van der Waals surface area contributed by atoms with E-state index >= 15 is 0 Å². The number of unbranched alkanes of at least 4 members (excludes halogenated alkanes) is 1. The van der Waals surface area contributed by atoms with Crippen molar-refractivity contribution in [3.8, 4) is 0 Å². The Morgan fingerprint density at radius 1 is 1.41 bits per heavy atom. The third-order valence-corrected chi connectivity index (χ3v) is 3.37. The second-order valence-electron chi connectivity index (χ2n) is 4.99. The molecule has 2 aliphatic heterocycles. The first kappa shape index (κ1) is 13.9. The van der Waals surface area contributed by atoms with E-state index in [1.807, 2.05) is 5.87 Å². The van der Waals surface area contributed by atoms with Crippen LogP contribution < -0.4 is 0 Å². The Morgan fingerprint density at radius 3 is 2.53 bits per heavy atom. The van der Waals surface area contributed by atoms with Crippen LogP contribution >= 0.6 is 0 Å². The van der Waals surface area contributed by atoms with Crippen LogP contribution in [0, 0.1) is 0 Å². The van der Waals surface area contributed by atoms with Crippen molar-refractivity contribution in [2.45, 2.75) is 32.6 Å².